The number of amides is 2. The van der Waals surface area contributed by atoms with Crippen LogP contribution in [0.2, 0.25) is 0 Å². The van der Waals surface area contributed by atoms with Crippen LogP contribution in [0.4, 0.5) is 0 Å². The highest BCUT2D eigenvalue weighted by Crippen LogP contribution is 2.11. The molecule has 0 saturated heterocycles. The Balaban J connectivity index is 2.31. The van der Waals surface area contributed by atoms with Crippen molar-refractivity contribution in [2.75, 3.05) is 12.4 Å². The molecule has 0 aromatic heterocycles. The van der Waals surface area contributed by atoms with Crippen molar-refractivity contribution in [2.24, 2.45) is 0 Å². The average Bonchev–Trinajstić information content (AvgIpc) is 2.33. The van der Waals surface area contributed by atoms with E-state index in [2.05, 4.69) is 26.6 Å². The molecule has 0 bridgehead atoms. The van der Waals surface area contributed by atoms with Crippen molar-refractivity contribution in [2.45, 2.75) is 6.54 Å². The second-order valence-corrected chi connectivity index (χ2v) is 4.50. The van der Waals surface area contributed by atoms with Crippen LogP contribution >= 0.6 is 27.5 Å². The van der Waals surface area contributed by atoms with E-state index in [0.717, 1.165) is 10.0 Å². The standard InChI is InChI=1S/C11H12BrClN2O2/c12-9-3-1-2-8(4-9)6-14-11(17)7-15-10(16)5-13/h1-4H,5-7H2,(H,14,17)(H,15,16). The van der Waals surface area contributed by atoms with Crippen LogP contribution in [-0.2, 0) is 16.1 Å². The lowest BCUT2D eigenvalue weighted by molar-refractivity contribution is -0.124. The fraction of sp³-hybridized carbons (Fsp3) is 0.273. The maximum absolute atomic E-state index is 11.3. The van der Waals surface area contributed by atoms with E-state index >= 15 is 0 Å². The molecule has 1 aromatic rings. The zero-order valence-electron chi connectivity index (χ0n) is 9.00. The Kier molecular flexibility index (Phi) is 6.00. The first kappa shape index (κ1) is 14.0. The van der Waals surface area contributed by atoms with Crippen molar-refractivity contribution >= 4 is 39.3 Å². The number of alkyl halides is 1. The zero-order valence-corrected chi connectivity index (χ0v) is 11.3. The van der Waals surface area contributed by atoms with Crippen molar-refractivity contribution in [3.8, 4) is 0 Å². The Hall–Kier alpha value is -1.07. The number of benzene rings is 1. The quantitative estimate of drug-likeness (QED) is 0.807. The van der Waals surface area contributed by atoms with Gasteiger partial charge in [0.2, 0.25) is 11.8 Å². The molecule has 1 aromatic carbocycles. The van der Waals surface area contributed by atoms with Crippen LogP contribution in [0.3, 0.4) is 0 Å². The number of hydrogen-bond donors (Lipinski definition) is 2. The van der Waals surface area contributed by atoms with E-state index in [1.165, 1.54) is 0 Å². The van der Waals surface area contributed by atoms with Crippen molar-refractivity contribution in [3.63, 3.8) is 0 Å². The van der Waals surface area contributed by atoms with Crippen LogP contribution < -0.4 is 10.6 Å². The number of carbonyl (C=O) groups is 2. The van der Waals surface area contributed by atoms with Gasteiger partial charge in [-0.1, -0.05) is 28.1 Å². The summed E-state index contributed by atoms with van der Waals surface area (Å²) in [5, 5.41) is 5.08. The summed E-state index contributed by atoms with van der Waals surface area (Å²) in [5.41, 5.74) is 0.983. The van der Waals surface area contributed by atoms with Gasteiger partial charge in [-0.15, -0.1) is 11.6 Å². The minimum atomic E-state index is -0.357. The largest absolute Gasteiger partial charge is 0.350 e. The molecular formula is C11H12BrClN2O2. The lowest BCUT2D eigenvalue weighted by Gasteiger charge is -2.06. The molecule has 2 amide bonds. The smallest absolute Gasteiger partial charge is 0.239 e. The van der Waals surface area contributed by atoms with Gasteiger partial charge in [0.15, 0.2) is 0 Å². The Morgan fingerprint density at radius 1 is 1.24 bits per heavy atom. The molecular weight excluding hydrogens is 307 g/mol. The van der Waals surface area contributed by atoms with Crippen LogP contribution in [0.15, 0.2) is 28.7 Å². The fourth-order valence-corrected chi connectivity index (χ4v) is 1.68. The minimum absolute atomic E-state index is 0.0560. The Labute approximate surface area is 113 Å². The van der Waals surface area contributed by atoms with Gasteiger partial charge < -0.3 is 10.6 Å². The van der Waals surface area contributed by atoms with E-state index in [-0.39, 0.29) is 24.2 Å². The third kappa shape index (κ3) is 5.70. The Bertz CT molecular complexity index is 412. The molecule has 0 heterocycles. The van der Waals surface area contributed by atoms with Crippen LogP contribution in [0.25, 0.3) is 0 Å². The number of hydrogen-bond acceptors (Lipinski definition) is 2. The summed E-state index contributed by atoms with van der Waals surface area (Å²) in [6.45, 7) is 0.370. The SMILES string of the molecule is O=C(CCl)NCC(=O)NCc1cccc(Br)c1. The molecule has 17 heavy (non-hydrogen) atoms. The number of halogens is 2. The first-order valence-electron chi connectivity index (χ1n) is 4.95. The maximum Gasteiger partial charge on any atom is 0.239 e. The first-order chi connectivity index (χ1) is 8.11. The van der Waals surface area contributed by atoms with Crippen LogP contribution in [0.5, 0.6) is 0 Å². The van der Waals surface area contributed by atoms with Gasteiger partial charge >= 0.3 is 0 Å². The summed E-state index contributed by atoms with van der Waals surface area (Å²) in [7, 11) is 0. The highest BCUT2D eigenvalue weighted by Gasteiger charge is 2.03. The molecule has 0 aliphatic heterocycles. The van der Waals surface area contributed by atoms with Gasteiger partial charge in [-0.05, 0) is 17.7 Å². The highest BCUT2D eigenvalue weighted by atomic mass is 79.9. The fourth-order valence-electron chi connectivity index (χ4n) is 1.14. The van der Waals surface area contributed by atoms with Gasteiger partial charge in [-0.3, -0.25) is 9.59 Å². The molecule has 0 spiro atoms. The van der Waals surface area contributed by atoms with Crippen LogP contribution in [-0.4, -0.2) is 24.2 Å². The topological polar surface area (TPSA) is 58.2 Å². The van der Waals surface area contributed by atoms with Gasteiger partial charge in [0.25, 0.3) is 0 Å². The van der Waals surface area contributed by atoms with Crippen molar-refractivity contribution in [3.05, 3.63) is 34.3 Å². The lowest BCUT2D eigenvalue weighted by atomic mass is 10.2. The summed E-state index contributed by atoms with van der Waals surface area (Å²) < 4.78 is 0.958. The molecule has 0 saturated carbocycles. The van der Waals surface area contributed by atoms with E-state index in [1.54, 1.807) is 0 Å². The minimum Gasteiger partial charge on any atom is -0.350 e. The molecule has 1 rings (SSSR count). The molecule has 6 heteroatoms. The maximum atomic E-state index is 11.3. The number of rotatable bonds is 5. The van der Waals surface area contributed by atoms with Crippen molar-refractivity contribution in [1.29, 1.82) is 0 Å². The molecule has 92 valence electrons. The van der Waals surface area contributed by atoms with E-state index in [1.807, 2.05) is 24.3 Å². The normalized spacial score (nSPS) is 9.76. The van der Waals surface area contributed by atoms with Gasteiger partial charge in [0, 0.05) is 11.0 Å². The highest BCUT2D eigenvalue weighted by molar-refractivity contribution is 9.10. The number of nitrogens with one attached hydrogen (secondary N) is 2. The summed E-state index contributed by atoms with van der Waals surface area (Å²) in [4.78, 5) is 22.1. The molecule has 0 unspecified atom stereocenters. The predicted molar refractivity (Wildman–Crippen MR) is 69.7 cm³/mol. The average molecular weight is 320 g/mol. The van der Waals surface area contributed by atoms with E-state index in [9.17, 15) is 9.59 Å². The van der Waals surface area contributed by atoms with Crippen LogP contribution in [0.1, 0.15) is 5.56 Å². The van der Waals surface area contributed by atoms with Crippen LogP contribution in [0, 0.1) is 0 Å². The van der Waals surface area contributed by atoms with Gasteiger partial charge in [0.1, 0.15) is 5.88 Å². The summed E-state index contributed by atoms with van der Waals surface area (Å²) >= 11 is 8.62. The van der Waals surface area contributed by atoms with E-state index < -0.39 is 0 Å². The third-order valence-electron chi connectivity index (χ3n) is 1.95. The summed E-state index contributed by atoms with van der Waals surface area (Å²) in [5.74, 6) is -0.744. The van der Waals surface area contributed by atoms with Gasteiger partial charge in [-0.25, -0.2) is 0 Å². The van der Waals surface area contributed by atoms with Gasteiger partial charge in [-0.2, -0.15) is 0 Å². The van der Waals surface area contributed by atoms with E-state index in [0.29, 0.717) is 6.54 Å². The first-order valence-corrected chi connectivity index (χ1v) is 6.28. The molecule has 0 fully saturated rings. The molecule has 4 nitrogen and oxygen atoms in total. The molecule has 0 aliphatic rings. The summed E-state index contributed by atoms with van der Waals surface area (Å²) in [6, 6.07) is 7.62. The van der Waals surface area contributed by atoms with E-state index in [4.69, 9.17) is 11.6 Å². The monoisotopic (exact) mass is 318 g/mol. The second-order valence-electron chi connectivity index (χ2n) is 3.32. The molecule has 2 N–H and O–H groups in total. The lowest BCUT2D eigenvalue weighted by Crippen LogP contribution is -2.37. The molecule has 0 atom stereocenters. The Morgan fingerprint density at radius 3 is 2.65 bits per heavy atom. The predicted octanol–water partition coefficient (Wildman–Crippen LogP) is 1.42. The summed E-state index contributed by atoms with van der Waals surface area (Å²) in [6.07, 6.45) is 0. The number of carbonyl (C=O) groups excluding carboxylic acids is 2. The van der Waals surface area contributed by atoms with Crippen molar-refractivity contribution in [1.82, 2.24) is 10.6 Å². The second kappa shape index (κ2) is 7.29. The Morgan fingerprint density at radius 2 is 2.00 bits per heavy atom. The molecule has 0 aliphatic carbocycles. The zero-order chi connectivity index (χ0) is 12.7. The van der Waals surface area contributed by atoms with Crippen molar-refractivity contribution < 1.29 is 9.59 Å². The van der Waals surface area contributed by atoms with Gasteiger partial charge in [0.05, 0.1) is 6.54 Å². The third-order valence-corrected chi connectivity index (χ3v) is 2.68. The molecule has 0 radical (unpaired) electrons.